The third kappa shape index (κ3) is 3.22. The summed E-state index contributed by atoms with van der Waals surface area (Å²) in [6, 6.07) is 4.32. The molecule has 1 rings (SSSR count). The van der Waals surface area contributed by atoms with Crippen molar-refractivity contribution in [2.24, 2.45) is 0 Å². The normalized spacial score (nSPS) is 13.8. The van der Waals surface area contributed by atoms with E-state index in [0.717, 1.165) is 6.42 Å². The fraction of sp³-hybridized carbons (Fsp3) is 0.462. The molecule has 1 atom stereocenters. The first-order valence-corrected chi connectivity index (χ1v) is 6.80. The number of amides is 1. The van der Waals surface area contributed by atoms with Crippen LogP contribution in [0.3, 0.4) is 0 Å². The molecule has 3 nitrogen and oxygen atoms in total. The third-order valence-electron chi connectivity index (χ3n) is 2.91. The van der Waals surface area contributed by atoms with Gasteiger partial charge in [0.15, 0.2) is 0 Å². The van der Waals surface area contributed by atoms with Gasteiger partial charge in [0.2, 0.25) is 0 Å². The zero-order valence-electron chi connectivity index (χ0n) is 10.7. The molecule has 1 unspecified atom stereocenters. The quantitative estimate of drug-likeness (QED) is 0.847. The lowest BCUT2D eigenvalue weighted by atomic mass is 10.0. The predicted octanol–water partition coefficient (Wildman–Crippen LogP) is 3.13. The van der Waals surface area contributed by atoms with Crippen LogP contribution in [0.15, 0.2) is 18.2 Å². The van der Waals surface area contributed by atoms with Crippen molar-refractivity contribution in [2.75, 3.05) is 12.4 Å². The van der Waals surface area contributed by atoms with Gasteiger partial charge in [-0.25, -0.2) is 4.39 Å². The molecule has 0 radical (unpaired) electrons. The molecule has 100 valence electrons. The molecule has 0 saturated heterocycles. The molecule has 0 aliphatic rings. The smallest absolute Gasteiger partial charge is 0.258 e. The van der Waals surface area contributed by atoms with Gasteiger partial charge in [-0.15, -0.1) is 0 Å². The van der Waals surface area contributed by atoms with E-state index in [-0.39, 0.29) is 11.3 Å². The number of benzene rings is 1. The number of rotatable bonds is 5. The van der Waals surface area contributed by atoms with Gasteiger partial charge in [-0.2, -0.15) is 0 Å². The van der Waals surface area contributed by atoms with Gasteiger partial charge in [0, 0.05) is 10.9 Å². The van der Waals surface area contributed by atoms with Gasteiger partial charge in [-0.3, -0.25) is 4.79 Å². The molecule has 1 aromatic carbocycles. The second-order valence-electron chi connectivity index (χ2n) is 4.32. The largest absolute Gasteiger partial charge is 0.496 e. The topological polar surface area (TPSA) is 38.3 Å². The van der Waals surface area contributed by atoms with Crippen molar-refractivity contribution in [3.8, 4) is 5.75 Å². The van der Waals surface area contributed by atoms with E-state index >= 15 is 0 Å². The van der Waals surface area contributed by atoms with Gasteiger partial charge in [0.1, 0.15) is 17.1 Å². The average molecular weight is 318 g/mol. The van der Waals surface area contributed by atoms with Crippen LogP contribution in [0.2, 0.25) is 0 Å². The molecule has 0 aliphatic heterocycles. The van der Waals surface area contributed by atoms with Crippen LogP contribution in [0.25, 0.3) is 0 Å². The van der Waals surface area contributed by atoms with Crippen molar-refractivity contribution in [1.82, 2.24) is 5.32 Å². The van der Waals surface area contributed by atoms with Gasteiger partial charge < -0.3 is 10.1 Å². The first-order chi connectivity index (χ1) is 8.47. The lowest BCUT2D eigenvalue weighted by Gasteiger charge is -2.27. The number of ether oxygens (including phenoxy) is 1. The Morgan fingerprint density at radius 1 is 1.56 bits per heavy atom. The molecular formula is C13H17BrFNO2. The molecule has 18 heavy (non-hydrogen) atoms. The Balaban J connectivity index is 3.04. The van der Waals surface area contributed by atoms with E-state index in [1.165, 1.54) is 19.2 Å². The summed E-state index contributed by atoms with van der Waals surface area (Å²) in [5, 5.41) is 3.42. The number of alkyl halides is 1. The van der Waals surface area contributed by atoms with Crippen LogP contribution in [0.4, 0.5) is 4.39 Å². The fourth-order valence-electron chi connectivity index (χ4n) is 1.45. The lowest BCUT2D eigenvalue weighted by Crippen LogP contribution is -2.47. The molecule has 0 heterocycles. The molecule has 0 saturated carbocycles. The second-order valence-corrected chi connectivity index (χ2v) is 4.88. The SMILES string of the molecule is CCC(C)(CBr)NC(=O)c1c(F)cccc1OC. The molecule has 5 heteroatoms. The molecule has 0 bridgehead atoms. The molecule has 0 aliphatic carbocycles. The van der Waals surface area contributed by atoms with E-state index in [1.807, 2.05) is 13.8 Å². The minimum Gasteiger partial charge on any atom is -0.496 e. The molecule has 1 amide bonds. The standard InChI is InChI=1S/C13H17BrFNO2/c1-4-13(2,8-14)16-12(17)11-9(15)6-5-7-10(11)18-3/h5-7H,4,8H2,1-3H3,(H,16,17). The highest BCUT2D eigenvalue weighted by Crippen LogP contribution is 2.22. The molecule has 1 N–H and O–H groups in total. The number of hydrogen-bond donors (Lipinski definition) is 1. The van der Waals surface area contributed by atoms with Crippen LogP contribution in [0.5, 0.6) is 5.75 Å². The highest BCUT2D eigenvalue weighted by Gasteiger charge is 2.26. The minimum absolute atomic E-state index is 0.0550. The molecule has 1 aromatic rings. The van der Waals surface area contributed by atoms with Crippen LogP contribution in [-0.4, -0.2) is 23.9 Å². The summed E-state index contributed by atoms with van der Waals surface area (Å²) < 4.78 is 18.7. The van der Waals surface area contributed by atoms with Gasteiger partial charge in [0.05, 0.1) is 7.11 Å². The summed E-state index contributed by atoms with van der Waals surface area (Å²) in [5.74, 6) is -0.811. The number of carbonyl (C=O) groups excluding carboxylic acids is 1. The predicted molar refractivity (Wildman–Crippen MR) is 72.9 cm³/mol. The first-order valence-electron chi connectivity index (χ1n) is 5.68. The van der Waals surface area contributed by atoms with Crippen LogP contribution in [0.1, 0.15) is 30.6 Å². The molecular weight excluding hydrogens is 301 g/mol. The summed E-state index contributed by atoms with van der Waals surface area (Å²) in [5.41, 5.74) is -0.467. The first kappa shape index (κ1) is 15.0. The number of carbonyl (C=O) groups is 1. The van der Waals surface area contributed by atoms with Crippen molar-refractivity contribution >= 4 is 21.8 Å². The number of nitrogens with one attached hydrogen (secondary N) is 1. The summed E-state index contributed by atoms with van der Waals surface area (Å²) in [6.45, 7) is 3.85. The van der Waals surface area contributed by atoms with E-state index < -0.39 is 17.3 Å². The van der Waals surface area contributed by atoms with Crippen molar-refractivity contribution in [3.63, 3.8) is 0 Å². The Morgan fingerprint density at radius 3 is 2.72 bits per heavy atom. The molecule has 0 fully saturated rings. The number of halogens is 2. The Labute approximate surface area is 115 Å². The van der Waals surface area contributed by atoms with Crippen LogP contribution in [0, 0.1) is 5.82 Å². The van der Waals surface area contributed by atoms with Gasteiger partial charge in [-0.1, -0.05) is 28.9 Å². The highest BCUT2D eigenvalue weighted by atomic mass is 79.9. The summed E-state index contributed by atoms with van der Waals surface area (Å²) in [4.78, 5) is 12.1. The van der Waals surface area contributed by atoms with E-state index in [1.54, 1.807) is 6.07 Å². The van der Waals surface area contributed by atoms with Gasteiger partial charge in [0.25, 0.3) is 5.91 Å². The average Bonchev–Trinajstić information content (AvgIpc) is 2.37. The third-order valence-corrected chi connectivity index (χ3v) is 4.15. The van der Waals surface area contributed by atoms with Crippen LogP contribution >= 0.6 is 15.9 Å². The van der Waals surface area contributed by atoms with Crippen molar-refractivity contribution < 1.29 is 13.9 Å². The van der Waals surface area contributed by atoms with Crippen molar-refractivity contribution in [2.45, 2.75) is 25.8 Å². The second kappa shape index (κ2) is 6.18. The summed E-state index contributed by atoms with van der Waals surface area (Å²) in [7, 11) is 1.41. The lowest BCUT2D eigenvalue weighted by molar-refractivity contribution is 0.0906. The fourth-order valence-corrected chi connectivity index (χ4v) is 1.98. The van der Waals surface area contributed by atoms with Gasteiger partial charge >= 0.3 is 0 Å². The number of methoxy groups -OCH3 is 1. The van der Waals surface area contributed by atoms with E-state index in [2.05, 4.69) is 21.2 Å². The van der Waals surface area contributed by atoms with Crippen molar-refractivity contribution in [3.05, 3.63) is 29.6 Å². The summed E-state index contributed by atoms with van der Waals surface area (Å²) >= 11 is 3.35. The Kier molecular flexibility index (Phi) is 5.14. The number of hydrogen-bond acceptors (Lipinski definition) is 2. The summed E-state index contributed by atoms with van der Waals surface area (Å²) in [6.07, 6.45) is 0.737. The maximum atomic E-state index is 13.7. The van der Waals surface area contributed by atoms with E-state index in [9.17, 15) is 9.18 Å². The Bertz CT molecular complexity index is 433. The maximum absolute atomic E-state index is 13.7. The van der Waals surface area contributed by atoms with E-state index in [4.69, 9.17) is 4.74 Å². The Morgan fingerprint density at radius 2 is 2.22 bits per heavy atom. The van der Waals surface area contributed by atoms with E-state index in [0.29, 0.717) is 5.33 Å². The molecule has 0 aromatic heterocycles. The zero-order chi connectivity index (χ0) is 13.8. The monoisotopic (exact) mass is 317 g/mol. The minimum atomic E-state index is -0.583. The maximum Gasteiger partial charge on any atom is 0.258 e. The van der Waals surface area contributed by atoms with Crippen molar-refractivity contribution in [1.29, 1.82) is 0 Å². The van der Waals surface area contributed by atoms with Crippen LogP contribution < -0.4 is 10.1 Å². The Hall–Kier alpha value is -1.10. The zero-order valence-corrected chi connectivity index (χ0v) is 12.3. The highest BCUT2D eigenvalue weighted by molar-refractivity contribution is 9.09. The van der Waals surface area contributed by atoms with Gasteiger partial charge in [-0.05, 0) is 25.5 Å². The molecule has 0 spiro atoms. The van der Waals surface area contributed by atoms with Crippen LogP contribution in [-0.2, 0) is 0 Å².